The predicted octanol–water partition coefficient (Wildman–Crippen LogP) is 2.17. The smallest absolute Gasteiger partial charge is 0.284 e. The van der Waals surface area contributed by atoms with Gasteiger partial charge in [-0.25, -0.2) is 13.8 Å². The van der Waals surface area contributed by atoms with Crippen LogP contribution < -0.4 is 4.74 Å². The molecule has 78 valence electrons. The largest absolute Gasteiger partial charge is 0.493 e. The molecule has 0 saturated heterocycles. The molecular weight excluding hydrogens is 216 g/mol. The maximum atomic E-state index is 12.4. The normalized spacial score (nSPS) is 10.7. The molecule has 0 unspecified atom stereocenters. The van der Waals surface area contributed by atoms with E-state index in [1.54, 1.807) is 0 Å². The Kier molecular flexibility index (Phi) is 3.60. The first-order valence-corrected chi connectivity index (χ1v) is 4.10. The first-order chi connectivity index (χ1) is 6.60. The van der Waals surface area contributed by atoms with Crippen LogP contribution in [0.5, 0.6) is 5.75 Å². The molecule has 3 nitrogen and oxygen atoms in total. The fraction of sp³-hybridized carbons (Fsp3) is 0.375. The van der Waals surface area contributed by atoms with Gasteiger partial charge in [-0.05, 0) is 6.07 Å². The van der Waals surface area contributed by atoms with Crippen LogP contribution in [0.25, 0.3) is 0 Å². The highest BCUT2D eigenvalue weighted by atomic mass is 35.5. The minimum atomic E-state index is -2.78. The van der Waals surface area contributed by atoms with E-state index >= 15 is 0 Å². The topological polar surface area (TPSA) is 42.4 Å². The SMILES string of the molecule is COc1c(Cl)cc(CO)nc1C(F)F. The van der Waals surface area contributed by atoms with Crippen molar-refractivity contribution in [1.29, 1.82) is 0 Å². The summed E-state index contributed by atoms with van der Waals surface area (Å²) >= 11 is 5.65. The van der Waals surface area contributed by atoms with Crippen LogP contribution in [0.3, 0.4) is 0 Å². The molecule has 0 aliphatic carbocycles. The first-order valence-electron chi connectivity index (χ1n) is 3.72. The third kappa shape index (κ3) is 2.10. The molecular formula is C8H8ClF2NO2. The van der Waals surface area contributed by atoms with Crippen LogP contribution in [0, 0.1) is 0 Å². The van der Waals surface area contributed by atoms with Crippen molar-refractivity contribution in [2.24, 2.45) is 0 Å². The molecule has 0 amide bonds. The summed E-state index contributed by atoms with van der Waals surface area (Å²) in [5, 5.41) is 8.74. The number of hydrogen-bond acceptors (Lipinski definition) is 3. The van der Waals surface area contributed by atoms with Gasteiger partial charge in [0.25, 0.3) is 6.43 Å². The van der Waals surface area contributed by atoms with Gasteiger partial charge in [-0.2, -0.15) is 0 Å². The molecule has 0 aliphatic rings. The van der Waals surface area contributed by atoms with E-state index in [4.69, 9.17) is 16.7 Å². The van der Waals surface area contributed by atoms with Crippen LogP contribution in [0.4, 0.5) is 8.78 Å². The lowest BCUT2D eigenvalue weighted by Gasteiger charge is -2.09. The third-order valence-electron chi connectivity index (χ3n) is 1.58. The van der Waals surface area contributed by atoms with Crippen LogP contribution >= 0.6 is 11.6 Å². The van der Waals surface area contributed by atoms with Gasteiger partial charge >= 0.3 is 0 Å². The van der Waals surface area contributed by atoms with E-state index in [0.717, 1.165) is 0 Å². The summed E-state index contributed by atoms with van der Waals surface area (Å²) < 4.78 is 29.5. The van der Waals surface area contributed by atoms with Crippen molar-refractivity contribution in [1.82, 2.24) is 4.98 Å². The van der Waals surface area contributed by atoms with Crippen molar-refractivity contribution in [3.63, 3.8) is 0 Å². The summed E-state index contributed by atoms with van der Waals surface area (Å²) in [5.41, 5.74) is -0.463. The Balaban J connectivity index is 3.28. The maximum Gasteiger partial charge on any atom is 0.284 e. The number of hydrogen-bond donors (Lipinski definition) is 1. The fourth-order valence-electron chi connectivity index (χ4n) is 1.00. The van der Waals surface area contributed by atoms with Gasteiger partial charge in [0.2, 0.25) is 0 Å². The monoisotopic (exact) mass is 223 g/mol. The molecule has 14 heavy (non-hydrogen) atoms. The molecule has 6 heteroatoms. The average Bonchev–Trinajstić information content (AvgIpc) is 2.16. The fourth-order valence-corrected chi connectivity index (χ4v) is 1.30. The zero-order valence-electron chi connectivity index (χ0n) is 7.30. The molecule has 0 aromatic carbocycles. The van der Waals surface area contributed by atoms with E-state index in [-0.39, 0.29) is 16.5 Å². The standard InChI is InChI=1S/C8H8ClF2NO2/c1-14-7-5(9)2-4(3-13)12-6(7)8(10)11/h2,8,13H,3H2,1H3. The molecule has 1 aromatic rings. The molecule has 0 atom stereocenters. The highest BCUT2D eigenvalue weighted by Gasteiger charge is 2.19. The first kappa shape index (κ1) is 11.1. The number of rotatable bonds is 3. The van der Waals surface area contributed by atoms with E-state index in [1.807, 2.05) is 0 Å². The second kappa shape index (κ2) is 4.52. The van der Waals surface area contributed by atoms with E-state index in [9.17, 15) is 8.78 Å². The average molecular weight is 224 g/mol. The van der Waals surface area contributed by atoms with Gasteiger partial charge in [0.15, 0.2) is 11.4 Å². The van der Waals surface area contributed by atoms with E-state index in [2.05, 4.69) is 9.72 Å². The number of aliphatic hydroxyl groups is 1. The second-order valence-electron chi connectivity index (χ2n) is 2.47. The second-order valence-corrected chi connectivity index (χ2v) is 2.88. The number of aliphatic hydroxyl groups excluding tert-OH is 1. The quantitative estimate of drug-likeness (QED) is 0.854. The number of alkyl halides is 2. The molecule has 1 N–H and O–H groups in total. The van der Waals surface area contributed by atoms with Crippen molar-refractivity contribution in [2.45, 2.75) is 13.0 Å². The third-order valence-corrected chi connectivity index (χ3v) is 1.86. The highest BCUT2D eigenvalue weighted by Crippen LogP contribution is 2.33. The zero-order chi connectivity index (χ0) is 10.7. The van der Waals surface area contributed by atoms with Crippen LogP contribution in [0.2, 0.25) is 5.02 Å². The van der Waals surface area contributed by atoms with E-state index < -0.39 is 18.7 Å². The molecule has 0 bridgehead atoms. The van der Waals surface area contributed by atoms with Crippen LogP contribution in [0.15, 0.2) is 6.07 Å². The van der Waals surface area contributed by atoms with E-state index in [0.29, 0.717) is 0 Å². The number of aromatic nitrogens is 1. The van der Waals surface area contributed by atoms with Crippen LogP contribution in [-0.2, 0) is 6.61 Å². The van der Waals surface area contributed by atoms with Gasteiger partial charge in [-0.3, -0.25) is 0 Å². The predicted molar refractivity (Wildman–Crippen MR) is 46.7 cm³/mol. The lowest BCUT2D eigenvalue weighted by molar-refractivity contribution is 0.140. The number of methoxy groups -OCH3 is 1. The van der Waals surface area contributed by atoms with Gasteiger partial charge in [-0.15, -0.1) is 0 Å². The minimum absolute atomic E-state index is 0.0156. The summed E-state index contributed by atoms with van der Waals surface area (Å²) in [6.07, 6.45) is -2.78. The molecule has 0 radical (unpaired) electrons. The summed E-state index contributed by atoms with van der Waals surface area (Å²) in [6.45, 7) is -0.441. The molecule has 1 heterocycles. The molecule has 1 rings (SSSR count). The summed E-state index contributed by atoms with van der Waals surface area (Å²) in [6, 6.07) is 1.28. The van der Waals surface area contributed by atoms with Crippen LogP contribution in [0.1, 0.15) is 17.8 Å². The highest BCUT2D eigenvalue weighted by molar-refractivity contribution is 6.32. The maximum absolute atomic E-state index is 12.4. The number of pyridine rings is 1. The van der Waals surface area contributed by atoms with Crippen molar-refractivity contribution < 1.29 is 18.6 Å². The Morgan fingerprint density at radius 2 is 2.29 bits per heavy atom. The van der Waals surface area contributed by atoms with Crippen molar-refractivity contribution in [3.8, 4) is 5.75 Å². The molecule has 0 fully saturated rings. The number of nitrogens with zero attached hydrogens (tertiary/aromatic N) is 1. The lowest BCUT2D eigenvalue weighted by atomic mass is 10.3. The lowest BCUT2D eigenvalue weighted by Crippen LogP contribution is -2.01. The van der Waals surface area contributed by atoms with Gasteiger partial charge in [0.05, 0.1) is 24.4 Å². The molecule has 0 aliphatic heterocycles. The molecule has 0 saturated carbocycles. The zero-order valence-corrected chi connectivity index (χ0v) is 8.05. The number of halogens is 3. The number of ether oxygens (including phenoxy) is 1. The van der Waals surface area contributed by atoms with Gasteiger partial charge in [-0.1, -0.05) is 11.6 Å². The summed E-state index contributed by atoms with van der Waals surface area (Å²) in [4.78, 5) is 3.51. The molecule has 1 aromatic heterocycles. The van der Waals surface area contributed by atoms with Crippen molar-refractivity contribution in [3.05, 3.63) is 22.5 Å². The van der Waals surface area contributed by atoms with Gasteiger partial charge in [0, 0.05) is 0 Å². The van der Waals surface area contributed by atoms with Crippen LogP contribution in [-0.4, -0.2) is 17.2 Å². The van der Waals surface area contributed by atoms with E-state index in [1.165, 1.54) is 13.2 Å². The minimum Gasteiger partial charge on any atom is -0.493 e. The Bertz CT molecular complexity index is 333. The van der Waals surface area contributed by atoms with Crippen molar-refractivity contribution >= 4 is 11.6 Å². The summed E-state index contributed by atoms with van der Waals surface area (Å²) in [7, 11) is 1.23. The Morgan fingerprint density at radius 3 is 2.71 bits per heavy atom. The van der Waals surface area contributed by atoms with Crippen molar-refractivity contribution in [2.75, 3.05) is 7.11 Å². The summed E-state index contributed by atoms with van der Waals surface area (Å²) in [5.74, 6) is -0.154. The Morgan fingerprint density at radius 1 is 1.64 bits per heavy atom. The molecule has 0 spiro atoms. The van der Waals surface area contributed by atoms with Gasteiger partial charge < -0.3 is 9.84 Å². The van der Waals surface area contributed by atoms with Gasteiger partial charge in [0.1, 0.15) is 0 Å². The Labute approximate surface area is 84.3 Å². The Hall–Kier alpha value is -0.940.